The van der Waals surface area contributed by atoms with Gasteiger partial charge in [0.2, 0.25) is 5.91 Å². The first-order chi connectivity index (χ1) is 19.8. The molecular formula is C33H32ClFN2O4. The second kappa shape index (κ2) is 12.6. The summed E-state index contributed by atoms with van der Waals surface area (Å²) in [5.41, 5.74) is 0.720. The van der Waals surface area contributed by atoms with E-state index in [1.807, 2.05) is 30.3 Å². The highest BCUT2D eigenvalue weighted by atomic mass is 35.5. The SMILES string of the molecule is CN(Cc1ccccc1)C(=O)C[C@@]1(COc2ccc(Cl)cc2)CCCN(C(=O)c2ccc(-c3ccccc3F)o2)C1. The summed E-state index contributed by atoms with van der Waals surface area (Å²) < 4.78 is 26.3. The molecule has 3 aromatic carbocycles. The van der Waals surface area contributed by atoms with E-state index in [1.165, 1.54) is 6.07 Å². The van der Waals surface area contributed by atoms with Crippen LogP contribution in [0, 0.1) is 11.2 Å². The lowest BCUT2D eigenvalue weighted by molar-refractivity contribution is -0.134. The predicted octanol–water partition coefficient (Wildman–Crippen LogP) is 7.09. The van der Waals surface area contributed by atoms with Crippen LogP contribution in [0.3, 0.4) is 0 Å². The molecule has 41 heavy (non-hydrogen) atoms. The minimum absolute atomic E-state index is 0.0253. The lowest BCUT2D eigenvalue weighted by atomic mass is 9.77. The number of likely N-dealkylation sites (tertiary alicyclic amines) is 1. The number of halogens is 2. The molecular weight excluding hydrogens is 543 g/mol. The largest absolute Gasteiger partial charge is 0.493 e. The van der Waals surface area contributed by atoms with Gasteiger partial charge in [-0.1, -0.05) is 54.1 Å². The monoisotopic (exact) mass is 574 g/mol. The molecule has 6 nitrogen and oxygen atoms in total. The Labute approximate surface area is 244 Å². The van der Waals surface area contributed by atoms with E-state index >= 15 is 0 Å². The normalized spacial score (nSPS) is 16.8. The van der Waals surface area contributed by atoms with Gasteiger partial charge in [0.25, 0.3) is 5.91 Å². The van der Waals surface area contributed by atoms with Crippen LogP contribution in [0.15, 0.2) is 95.4 Å². The van der Waals surface area contributed by atoms with Crippen LogP contribution in [0.1, 0.15) is 35.4 Å². The predicted molar refractivity (Wildman–Crippen MR) is 156 cm³/mol. The zero-order valence-corrected chi connectivity index (χ0v) is 23.6. The number of piperidine rings is 1. The van der Waals surface area contributed by atoms with Crippen LogP contribution >= 0.6 is 11.6 Å². The van der Waals surface area contributed by atoms with Crippen LogP contribution in [0.25, 0.3) is 11.3 Å². The van der Waals surface area contributed by atoms with Crippen molar-refractivity contribution in [2.45, 2.75) is 25.8 Å². The fourth-order valence-corrected chi connectivity index (χ4v) is 5.40. The minimum atomic E-state index is -0.615. The summed E-state index contributed by atoms with van der Waals surface area (Å²) in [4.78, 5) is 30.5. The summed E-state index contributed by atoms with van der Waals surface area (Å²) >= 11 is 6.04. The Bertz CT molecular complexity index is 1490. The first-order valence-electron chi connectivity index (χ1n) is 13.6. The molecule has 0 aliphatic carbocycles. The van der Waals surface area contributed by atoms with Gasteiger partial charge in [0.05, 0.1) is 12.2 Å². The van der Waals surface area contributed by atoms with Gasteiger partial charge in [-0.15, -0.1) is 0 Å². The van der Waals surface area contributed by atoms with Gasteiger partial charge in [0.1, 0.15) is 17.3 Å². The quantitative estimate of drug-likeness (QED) is 0.214. The molecule has 1 atom stereocenters. The van der Waals surface area contributed by atoms with Crippen molar-refractivity contribution in [2.75, 3.05) is 26.7 Å². The van der Waals surface area contributed by atoms with E-state index < -0.39 is 11.2 Å². The lowest BCUT2D eigenvalue weighted by Gasteiger charge is -2.42. The Morgan fingerprint density at radius 1 is 1.00 bits per heavy atom. The Kier molecular flexibility index (Phi) is 8.74. The van der Waals surface area contributed by atoms with Gasteiger partial charge in [-0.25, -0.2) is 4.39 Å². The van der Waals surface area contributed by atoms with Crippen LogP contribution in [0.2, 0.25) is 5.02 Å². The van der Waals surface area contributed by atoms with Gasteiger partial charge in [0.15, 0.2) is 5.76 Å². The van der Waals surface area contributed by atoms with E-state index in [0.717, 1.165) is 5.56 Å². The average molecular weight is 575 g/mol. The van der Waals surface area contributed by atoms with E-state index in [2.05, 4.69) is 0 Å². The highest BCUT2D eigenvalue weighted by Crippen LogP contribution is 2.36. The fourth-order valence-electron chi connectivity index (χ4n) is 5.28. The van der Waals surface area contributed by atoms with Crippen molar-refractivity contribution in [1.82, 2.24) is 9.80 Å². The Hall–Kier alpha value is -4.10. The molecule has 8 heteroatoms. The molecule has 0 bridgehead atoms. The summed E-state index contributed by atoms with van der Waals surface area (Å²) in [5.74, 6) is 0.317. The molecule has 0 N–H and O–H groups in total. The summed E-state index contributed by atoms with van der Waals surface area (Å²) in [6.07, 6.45) is 1.63. The highest BCUT2D eigenvalue weighted by Gasteiger charge is 2.41. The standard InChI is InChI=1S/C33H32ClFN2O4/c1-36(21-24-8-3-2-4-9-24)31(38)20-33(23-40-26-14-12-25(34)13-15-26)18-7-19-37(22-33)32(39)30-17-16-29(41-30)27-10-5-6-11-28(27)35/h2-6,8-17H,7,18-23H2,1H3/t33-/m0/s1. The molecule has 212 valence electrons. The van der Waals surface area contributed by atoms with Crippen molar-refractivity contribution in [1.29, 1.82) is 0 Å². The fraction of sp³-hybridized carbons (Fsp3) is 0.273. The number of ether oxygens (including phenoxy) is 1. The maximum atomic E-state index is 14.3. The molecule has 4 aromatic rings. The van der Waals surface area contributed by atoms with Gasteiger partial charge < -0.3 is 19.0 Å². The van der Waals surface area contributed by atoms with Gasteiger partial charge in [0, 0.05) is 43.5 Å². The first-order valence-corrected chi connectivity index (χ1v) is 14.0. The van der Waals surface area contributed by atoms with Gasteiger partial charge in [-0.2, -0.15) is 0 Å². The summed E-state index contributed by atoms with van der Waals surface area (Å²) in [7, 11) is 1.79. The molecule has 1 aliphatic rings. The number of hydrogen-bond donors (Lipinski definition) is 0. The summed E-state index contributed by atoms with van der Waals surface area (Å²) in [6, 6.07) is 26.4. The molecule has 2 amide bonds. The number of carbonyl (C=O) groups is 2. The Morgan fingerprint density at radius 3 is 2.49 bits per heavy atom. The van der Waals surface area contributed by atoms with Crippen molar-refractivity contribution in [2.24, 2.45) is 5.41 Å². The van der Waals surface area contributed by atoms with E-state index in [-0.39, 0.29) is 30.6 Å². The third kappa shape index (κ3) is 6.98. The Balaban J connectivity index is 1.34. The van der Waals surface area contributed by atoms with Gasteiger partial charge in [-0.3, -0.25) is 9.59 Å². The zero-order valence-electron chi connectivity index (χ0n) is 22.9. The van der Waals surface area contributed by atoms with Crippen molar-refractivity contribution < 1.29 is 23.1 Å². The van der Waals surface area contributed by atoms with E-state index in [1.54, 1.807) is 71.4 Å². The number of amides is 2. The Morgan fingerprint density at radius 2 is 1.73 bits per heavy atom. The van der Waals surface area contributed by atoms with Gasteiger partial charge in [-0.05, 0) is 66.9 Å². The van der Waals surface area contributed by atoms with Crippen molar-refractivity contribution in [3.8, 4) is 17.1 Å². The number of furan rings is 1. The molecule has 2 heterocycles. The molecule has 0 unspecified atom stereocenters. The summed E-state index contributed by atoms with van der Waals surface area (Å²) in [6.45, 7) is 1.58. The van der Waals surface area contributed by atoms with E-state index in [0.29, 0.717) is 54.6 Å². The van der Waals surface area contributed by atoms with Crippen molar-refractivity contribution >= 4 is 23.4 Å². The number of benzene rings is 3. The second-order valence-corrected chi connectivity index (χ2v) is 11.1. The summed E-state index contributed by atoms with van der Waals surface area (Å²) in [5, 5.41) is 0.604. The molecule has 5 rings (SSSR count). The number of rotatable bonds is 9. The number of hydrogen-bond acceptors (Lipinski definition) is 4. The van der Waals surface area contributed by atoms with Crippen molar-refractivity contribution in [3.05, 3.63) is 113 Å². The molecule has 0 radical (unpaired) electrons. The average Bonchev–Trinajstić information content (AvgIpc) is 3.47. The molecule has 1 aliphatic heterocycles. The van der Waals surface area contributed by atoms with Crippen LogP contribution < -0.4 is 4.74 Å². The topological polar surface area (TPSA) is 63.0 Å². The molecule has 0 spiro atoms. The third-order valence-corrected chi connectivity index (χ3v) is 7.73. The molecule has 1 fully saturated rings. The van der Waals surface area contributed by atoms with E-state index in [4.69, 9.17) is 20.8 Å². The van der Waals surface area contributed by atoms with Crippen LogP contribution in [0.5, 0.6) is 5.75 Å². The molecule has 0 saturated carbocycles. The second-order valence-electron chi connectivity index (χ2n) is 10.6. The molecule has 1 aromatic heterocycles. The number of nitrogens with zero attached hydrogens (tertiary/aromatic N) is 2. The molecule has 1 saturated heterocycles. The minimum Gasteiger partial charge on any atom is -0.493 e. The zero-order chi connectivity index (χ0) is 28.8. The third-order valence-electron chi connectivity index (χ3n) is 7.48. The maximum Gasteiger partial charge on any atom is 0.289 e. The maximum absolute atomic E-state index is 14.3. The van der Waals surface area contributed by atoms with Gasteiger partial charge >= 0.3 is 0 Å². The highest BCUT2D eigenvalue weighted by molar-refractivity contribution is 6.30. The lowest BCUT2D eigenvalue weighted by Crippen LogP contribution is -2.50. The number of carbonyl (C=O) groups excluding carboxylic acids is 2. The van der Waals surface area contributed by atoms with Crippen molar-refractivity contribution in [3.63, 3.8) is 0 Å². The van der Waals surface area contributed by atoms with Crippen LogP contribution in [0.4, 0.5) is 4.39 Å². The van der Waals surface area contributed by atoms with Crippen LogP contribution in [-0.4, -0.2) is 48.4 Å². The smallest absolute Gasteiger partial charge is 0.289 e. The van der Waals surface area contributed by atoms with E-state index in [9.17, 15) is 14.0 Å². The first kappa shape index (κ1) is 28.4. The van der Waals surface area contributed by atoms with Crippen LogP contribution in [-0.2, 0) is 11.3 Å².